The molecule has 25 heavy (non-hydrogen) atoms. The highest BCUT2D eigenvalue weighted by molar-refractivity contribution is 5.87. The number of ether oxygens (including phenoxy) is 2. The summed E-state index contributed by atoms with van der Waals surface area (Å²) in [5, 5.41) is 2.67. The first kappa shape index (κ1) is 20.6. The van der Waals surface area contributed by atoms with Crippen LogP contribution in [0.3, 0.4) is 0 Å². The molecule has 0 saturated carbocycles. The molecule has 0 spiro atoms. The van der Waals surface area contributed by atoms with Gasteiger partial charge in [-0.25, -0.2) is 4.79 Å². The molecule has 0 bridgehead atoms. The van der Waals surface area contributed by atoms with Crippen LogP contribution >= 0.6 is 0 Å². The molecule has 7 heteroatoms. The Morgan fingerprint density at radius 2 is 1.76 bits per heavy atom. The molecule has 1 aromatic carbocycles. The smallest absolute Gasteiger partial charge is 0.329 e. The van der Waals surface area contributed by atoms with E-state index < -0.39 is 24.0 Å². The summed E-state index contributed by atoms with van der Waals surface area (Å²) in [5.74, 6) is -0.582. The summed E-state index contributed by atoms with van der Waals surface area (Å²) in [6, 6.07) is 5.08. The number of carbonyl (C=O) groups excluding carboxylic acids is 3. The van der Waals surface area contributed by atoms with E-state index in [0.717, 1.165) is 5.56 Å². The minimum absolute atomic E-state index is 0.0541. The third kappa shape index (κ3) is 6.93. The minimum Gasteiger partial charge on any atom is -0.461 e. The van der Waals surface area contributed by atoms with E-state index in [0.29, 0.717) is 12.2 Å². The van der Waals surface area contributed by atoms with Gasteiger partial charge in [-0.2, -0.15) is 0 Å². The van der Waals surface area contributed by atoms with Crippen LogP contribution < -0.4 is 15.8 Å². The van der Waals surface area contributed by atoms with E-state index >= 15 is 0 Å². The second kappa shape index (κ2) is 9.78. The maximum absolute atomic E-state index is 12.3. The minimum atomic E-state index is -0.850. The zero-order valence-corrected chi connectivity index (χ0v) is 15.0. The quantitative estimate of drug-likeness (QED) is 0.511. The first-order valence-corrected chi connectivity index (χ1v) is 8.20. The number of nitrogens with two attached hydrogens (primary N) is 1. The van der Waals surface area contributed by atoms with Crippen LogP contribution in [0, 0.1) is 5.92 Å². The van der Waals surface area contributed by atoms with Gasteiger partial charge >= 0.3 is 5.97 Å². The molecule has 0 fully saturated rings. The number of benzene rings is 1. The molecule has 0 radical (unpaired) electrons. The van der Waals surface area contributed by atoms with Crippen LogP contribution in [0.5, 0.6) is 5.75 Å². The van der Waals surface area contributed by atoms with Crippen molar-refractivity contribution in [1.29, 1.82) is 0 Å². The number of amides is 1. The predicted molar refractivity (Wildman–Crippen MR) is 92.8 cm³/mol. The molecule has 1 amide bonds. The molecule has 0 aromatic heterocycles. The molecule has 0 aliphatic heterocycles. The fraction of sp³-hybridized carbons (Fsp3) is 0.500. The van der Waals surface area contributed by atoms with Gasteiger partial charge in [-0.3, -0.25) is 9.59 Å². The summed E-state index contributed by atoms with van der Waals surface area (Å²) in [5.41, 5.74) is 6.62. The van der Waals surface area contributed by atoms with Crippen LogP contribution in [0.1, 0.15) is 33.3 Å². The molecule has 2 unspecified atom stereocenters. The summed E-state index contributed by atoms with van der Waals surface area (Å²) >= 11 is 0. The largest absolute Gasteiger partial charge is 0.461 e. The van der Waals surface area contributed by atoms with Crippen LogP contribution in [0.4, 0.5) is 0 Å². The summed E-state index contributed by atoms with van der Waals surface area (Å²) in [6.45, 7) is 7.48. The van der Waals surface area contributed by atoms with Gasteiger partial charge in [0.25, 0.3) is 6.47 Å². The van der Waals surface area contributed by atoms with Crippen molar-refractivity contribution in [2.45, 2.75) is 52.3 Å². The van der Waals surface area contributed by atoms with Gasteiger partial charge in [-0.1, -0.05) is 26.0 Å². The Bertz CT molecular complexity index is 584. The third-order valence-electron chi connectivity index (χ3n) is 3.52. The average molecular weight is 350 g/mol. The van der Waals surface area contributed by atoms with E-state index in [-0.39, 0.29) is 18.4 Å². The highest BCUT2D eigenvalue weighted by Crippen LogP contribution is 2.14. The summed E-state index contributed by atoms with van der Waals surface area (Å²) in [4.78, 5) is 34.8. The lowest BCUT2D eigenvalue weighted by molar-refractivity contribution is -0.151. The van der Waals surface area contributed by atoms with Crippen LogP contribution in [-0.4, -0.2) is 36.5 Å². The SMILES string of the molecule is CC(C)OC(=O)C(Cc1ccc(OC=O)cc1)NC(=O)C(N)C(C)C. The maximum Gasteiger partial charge on any atom is 0.329 e. The molecule has 1 aromatic rings. The van der Waals surface area contributed by atoms with Crippen molar-refractivity contribution in [3.63, 3.8) is 0 Å². The molecule has 2 atom stereocenters. The van der Waals surface area contributed by atoms with E-state index in [1.807, 2.05) is 13.8 Å². The van der Waals surface area contributed by atoms with Gasteiger partial charge in [0.2, 0.25) is 5.91 Å². The molecule has 0 saturated heterocycles. The van der Waals surface area contributed by atoms with Crippen molar-refractivity contribution in [3.05, 3.63) is 29.8 Å². The summed E-state index contributed by atoms with van der Waals surface area (Å²) in [7, 11) is 0. The molecule has 0 aliphatic rings. The predicted octanol–water partition coefficient (Wildman–Crippen LogP) is 1.18. The van der Waals surface area contributed by atoms with Crippen molar-refractivity contribution >= 4 is 18.3 Å². The molecule has 0 heterocycles. The Hall–Kier alpha value is -2.41. The Kier molecular flexibility index (Phi) is 8.07. The lowest BCUT2D eigenvalue weighted by Gasteiger charge is -2.22. The van der Waals surface area contributed by atoms with Crippen molar-refractivity contribution in [3.8, 4) is 5.75 Å². The Balaban J connectivity index is 2.88. The topological polar surface area (TPSA) is 108 Å². The maximum atomic E-state index is 12.3. The second-order valence-corrected chi connectivity index (χ2v) is 6.38. The second-order valence-electron chi connectivity index (χ2n) is 6.38. The first-order valence-electron chi connectivity index (χ1n) is 8.20. The average Bonchev–Trinajstić information content (AvgIpc) is 2.54. The third-order valence-corrected chi connectivity index (χ3v) is 3.52. The van der Waals surface area contributed by atoms with Crippen LogP contribution in [0.15, 0.2) is 24.3 Å². The first-order chi connectivity index (χ1) is 11.7. The molecule has 0 aliphatic carbocycles. The molecular weight excluding hydrogens is 324 g/mol. The van der Waals surface area contributed by atoms with Crippen LogP contribution in [0.2, 0.25) is 0 Å². The molecule has 3 N–H and O–H groups in total. The van der Waals surface area contributed by atoms with E-state index in [2.05, 4.69) is 5.32 Å². The van der Waals surface area contributed by atoms with Crippen LogP contribution in [-0.2, 0) is 25.5 Å². The number of rotatable bonds is 9. The van der Waals surface area contributed by atoms with E-state index in [4.69, 9.17) is 15.2 Å². The lowest BCUT2D eigenvalue weighted by Crippen LogP contribution is -2.51. The highest BCUT2D eigenvalue weighted by atomic mass is 16.5. The van der Waals surface area contributed by atoms with E-state index in [1.165, 1.54) is 0 Å². The van der Waals surface area contributed by atoms with Gasteiger partial charge in [0, 0.05) is 6.42 Å². The van der Waals surface area contributed by atoms with E-state index in [1.54, 1.807) is 38.1 Å². The molecule has 1 rings (SSSR count). The van der Waals surface area contributed by atoms with Gasteiger partial charge < -0.3 is 20.5 Å². The van der Waals surface area contributed by atoms with Gasteiger partial charge in [0.05, 0.1) is 12.1 Å². The van der Waals surface area contributed by atoms with Gasteiger partial charge in [0.15, 0.2) is 0 Å². The molecular formula is C18H26N2O5. The lowest BCUT2D eigenvalue weighted by atomic mass is 10.0. The normalized spacial score (nSPS) is 13.2. The fourth-order valence-corrected chi connectivity index (χ4v) is 2.07. The molecule has 138 valence electrons. The van der Waals surface area contributed by atoms with E-state index in [9.17, 15) is 14.4 Å². The highest BCUT2D eigenvalue weighted by Gasteiger charge is 2.27. The van der Waals surface area contributed by atoms with Crippen molar-refractivity contribution in [2.75, 3.05) is 0 Å². The van der Waals surface area contributed by atoms with Crippen molar-refractivity contribution < 1.29 is 23.9 Å². The number of carbonyl (C=O) groups is 3. The van der Waals surface area contributed by atoms with Crippen LogP contribution in [0.25, 0.3) is 0 Å². The number of nitrogens with one attached hydrogen (secondary N) is 1. The van der Waals surface area contributed by atoms with Gasteiger partial charge in [-0.15, -0.1) is 0 Å². The number of esters is 1. The standard InChI is InChI=1S/C18H26N2O5/c1-11(2)16(19)17(22)20-15(18(23)25-12(3)4)9-13-5-7-14(8-6-13)24-10-21/h5-8,10-12,15-16H,9,19H2,1-4H3,(H,20,22). The Labute approximate surface area is 147 Å². The van der Waals surface area contributed by atoms with Crippen molar-refractivity contribution in [1.82, 2.24) is 5.32 Å². The molecule has 7 nitrogen and oxygen atoms in total. The number of hydrogen-bond donors (Lipinski definition) is 2. The zero-order chi connectivity index (χ0) is 19.0. The Morgan fingerprint density at radius 3 is 2.24 bits per heavy atom. The fourth-order valence-electron chi connectivity index (χ4n) is 2.07. The summed E-state index contributed by atoms with van der Waals surface area (Å²) in [6.07, 6.45) is -0.0576. The Morgan fingerprint density at radius 1 is 1.16 bits per heavy atom. The van der Waals surface area contributed by atoms with Crippen molar-refractivity contribution in [2.24, 2.45) is 11.7 Å². The zero-order valence-electron chi connectivity index (χ0n) is 15.0. The van der Waals surface area contributed by atoms with Gasteiger partial charge in [-0.05, 0) is 37.5 Å². The monoisotopic (exact) mass is 350 g/mol. The summed E-state index contributed by atoms with van der Waals surface area (Å²) < 4.78 is 9.95. The number of hydrogen-bond acceptors (Lipinski definition) is 6. The van der Waals surface area contributed by atoms with Gasteiger partial charge in [0.1, 0.15) is 11.8 Å².